The van der Waals surface area contributed by atoms with Crippen LogP contribution in [0.3, 0.4) is 0 Å². The number of ether oxygens (including phenoxy) is 3. The molecule has 1 saturated heterocycles. The molecule has 1 rings (SSSR count). The van der Waals surface area contributed by atoms with Crippen molar-refractivity contribution >= 4 is 11.9 Å². The second-order valence-corrected chi connectivity index (χ2v) is 26.0. The van der Waals surface area contributed by atoms with Crippen molar-refractivity contribution in [2.75, 3.05) is 13.2 Å². The van der Waals surface area contributed by atoms with Gasteiger partial charge in [0.1, 0.15) is 24.4 Å². The summed E-state index contributed by atoms with van der Waals surface area (Å²) in [6, 6.07) is -1.03. The van der Waals surface area contributed by atoms with E-state index in [0.717, 1.165) is 77.0 Å². The van der Waals surface area contributed by atoms with Crippen LogP contribution >= 0.6 is 0 Å². The molecule has 0 saturated carbocycles. The lowest BCUT2D eigenvalue weighted by molar-refractivity contribution is -0.305. The Hall–Kier alpha value is -2.90. The molecule has 0 aromatic rings. The number of carbonyl (C=O) groups excluding carboxylic acids is 2. The topological polar surface area (TPSA) is 175 Å². The standard InChI is InChI=1S/C78H141NO10/c1-4-7-10-13-16-19-22-25-27-29-31-33-35-36-37-39-41-43-45-48-51-54-57-60-63-66-73(83)89-76-75(85)74(84)72(67-80)88-78(76)87-68-69(70(81)64-61-58-55-52-49-46-24-21-18-15-12-9-6-3)79-77(86)71(82)65-62-59-56-53-50-47-44-42-40-38-34-32-30-28-26-23-20-17-14-11-8-5-2/h16-17,19-20,25-28,31,33,61,64,69-72,74-76,78,80-82,84-85H,4-15,18,21-24,29-30,32,34-60,62-63,65-68H2,1-3H3,(H,79,86)/b19-16-,20-17-,27-25-,28-26-,33-31-,64-61+. The normalized spacial score (nSPS) is 18.5. The second kappa shape index (κ2) is 65.2. The molecule has 8 atom stereocenters. The smallest absolute Gasteiger partial charge is 0.306 e. The number of hydrogen-bond donors (Lipinski definition) is 6. The summed E-state index contributed by atoms with van der Waals surface area (Å²) in [4.78, 5) is 26.7. The lowest BCUT2D eigenvalue weighted by Crippen LogP contribution is -2.61. The van der Waals surface area contributed by atoms with E-state index >= 15 is 0 Å². The number of aliphatic hydroxyl groups is 5. The molecule has 518 valence electrons. The molecule has 1 aliphatic heterocycles. The average molecular weight is 1250 g/mol. The molecule has 11 nitrogen and oxygen atoms in total. The van der Waals surface area contributed by atoms with Crippen LogP contribution in [-0.2, 0) is 23.8 Å². The fraction of sp³-hybridized carbons (Fsp3) is 0.821. The van der Waals surface area contributed by atoms with Crippen molar-refractivity contribution in [2.45, 2.75) is 397 Å². The van der Waals surface area contributed by atoms with E-state index < -0.39 is 67.4 Å². The van der Waals surface area contributed by atoms with Gasteiger partial charge in [0.2, 0.25) is 5.91 Å². The minimum absolute atomic E-state index is 0.121. The molecule has 11 heteroatoms. The van der Waals surface area contributed by atoms with Crippen LogP contribution in [0.5, 0.6) is 0 Å². The summed E-state index contributed by atoms with van der Waals surface area (Å²) >= 11 is 0. The lowest BCUT2D eigenvalue weighted by Gasteiger charge is -2.41. The summed E-state index contributed by atoms with van der Waals surface area (Å²) in [5.41, 5.74) is 0. The zero-order valence-corrected chi connectivity index (χ0v) is 57.8. The molecule has 89 heavy (non-hydrogen) atoms. The Bertz CT molecular complexity index is 1730. The van der Waals surface area contributed by atoms with Crippen molar-refractivity contribution in [1.82, 2.24) is 5.32 Å². The van der Waals surface area contributed by atoms with Gasteiger partial charge >= 0.3 is 5.97 Å². The first-order valence-electron chi connectivity index (χ1n) is 37.7. The summed E-state index contributed by atoms with van der Waals surface area (Å²) < 4.78 is 17.7. The van der Waals surface area contributed by atoms with Crippen LogP contribution in [0, 0.1) is 0 Å². The van der Waals surface area contributed by atoms with Gasteiger partial charge in [0.25, 0.3) is 0 Å². The van der Waals surface area contributed by atoms with Crippen molar-refractivity contribution in [3.8, 4) is 0 Å². The van der Waals surface area contributed by atoms with Crippen LogP contribution in [0.2, 0.25) is 0 Å². The first-order valence-corrected chi connectivity index (χ1v) is 37.7. The summed E-state index contributed by atoms with van der Waals surface area (Å²) in [5, 5.41) is 57.4. The Morgan fingerprint density at radius 3 is 1.18 bits per heavy atom. The fourth-order valence-corrected chi connectivity index (χ4v) is 11.6. The number of hydrogen-bond acceptors (Lipinski definition) is 10. The summed E-state index contributed by atoms with van der Waals surface area (Å²) in [5.74, 6) is -1.19. The van der Waals surface area contributed by atoms with Crippen molar-refractivity contribution < 1.29 is 49.3 Å². The summed E-state index contributed by atoms with van der Waals surface area (Å²) in [6.07, 6.45) is 75.1. The maximum atomic E-state index is 13.5. The van der Waals surface area contributed by atoms with Crippen molar-refractivity contribution in [2.24, 2.45) is 0 Å². The quantitative estimate of drug-likeness (QED) is 0.0195. The molecule has 8 unspecified atom stereocenters. The third-order valence-corrected chi connectivity index (χ3v) is 17.6. The van der Waals surface area contributed by atoms with Crippen LogP contribution in [0.15, 0.2) is 72.9 Å². The SMILES string of the molecule is CCCCC/C=C\C/C=C\C/C=C\CCCCCCCCCCCCCCC(=O)OC1C(OCC(NC(=O)C(O)CCCCCCCCCCCCCC/C=C\C/C=C\CCCCC)C(O)/C=C/CCCCCCCCCCCCC)OC(CO)C(O)C1O. The fourth-order valence-electron chi connectivity index (χ4n) is 11.6. The van der Waals surface area contributed by atoms with E-state index in [0.29, 0.717) is 12.8 Å². The third-order valence-electron chi connectivity index (χ3n) is 17.6. The molecular weight excluding hydrogens is 1110 g/mol. The molecule has 6 N–H and O–H groups in total. The Morgan fingerprint density at radius 1 is 0.438 bits per heavy atom. The molecule has 1 aliphatic rings. The minimum atomic E-state index is -1.62. The monoisotopic (exact) mass is 1250 g/mol. The van der Waals surface area contributed by atoms with Crippen molar-refractivity contribution in [3.63, 3.8) is 0 Å². The zero-order valence-electron chi connectivity index (χ0n) is 57.8. The van der Waals surface area contributed by atoms with E-state index in [9.17, 15) is 35.1 Å². The van der Waals surface area contributed by atoms with Gasteiger partial charge < -0.3 is 45.1 Å². The molecular formula is C78H141NO10. The number of amides is 1. The van der Waals surface area contributed by atoms with Crippen molar-refractivity contribution in [3.05, 3.63) is 72.9 Å². The van der Waals surface area contributed by atoms with E-state index in [4.69, 9.17) is 14.2 Å². The minimum Gasteiger partial charge on any atom is -0.454 e. The first kappa shape index (κ1) is 84.1. The second-order valence-electron chi connectivity index (χ2n) is 26.0. The number of rotatable bonds is 65. The Balaban J connectivity index is 2.55. The number of unbranched alkanes of at least 4 members (excludes halogenated alkanes) is 41. The number of esters is 1. The first-order chi connectivity index (χ1) is 43.7. The molecule has 0 aromatic heterocycles. The molecule has 0 spiro atoms. The number of carbonyl (C=O) groups is 2. The Kier molecular flexibility index (Phi) is 61.6. The van der Waals surface area contributed by atoms with Gasteiger partial charge in [-0.1, -0.05) is 318 Å². The molecule has 1 fully saturated rings. The highest BCUT2D eigenvalue weighted by atomic mass is 16.7. The number of allylic oxidation sites excluding steroid dienone is 11. The van der Waals surface area contributed by atoms with Gasteiger partial charge in [-0.3, -0.25) is 9.59 Å². The highest BCUT2D eigenvalue weighted by Crippen LogP contribution is 2.26. The molecule has 1 amide bonds. The van der Waals surface area contributed by atoms with E-state index in [1.54, 1.807) is 6.08 Å². The van der Waals surface area contributed by atoms with Gasteiger partial charge in [-0.25, -0.2) is 0 Å². The molecule has 0 bridgehead atoms. The lowest BCUT2D eigenvalue weighted by atomic mass is 9.99. The molecule has 0 aliphatic carbocycles. The van der Waals surface area contributed by atoms with E-state index in [-0.39, 0.29) is 19.4 Å². The number of aliphatic hydroxyl groups excluding tert-OH is 5. The largest absolute Gasteiger partial charge is 0.454 e. The Morgan fingerprint density at radius 2 is 0.775 bits per heavy atom. The predicted octanol–water partition coefficient (Wildman–Crippen LogP) is 19.9. The van der Waals surface area contributed by atoms with Gasteiger partial charge in [0, 0.05) is 6.42 Å². The maximum Gasteiger partial charge on any atom is 0.306 e. The summed E-state index contributed by atoms with van der Waals surface area (Å²) in [6.45, 7) is 5.79. The highest BCUT2D eigenvalue weighted by molar-refractivity contribution is 5.80. The molecule has 1 heterocycles. The van der Waals surface area contributed by atoms with Crippen LogP contribution in [-0.4, -0.2) is 99.6 Å². The van der Waals surface area contributed by atoms with Gasteiger partial charge in [-0.2, -0.15) is 0 Å². The van der Waals surface area contributed by atoms with Crippen molar-refractivity contribution in [1.29, 1.82) is 0 Å². The third kappa shape index (κ3) is 52.2. The van der Waals surface area contributed by atoms with Crippen LogP contribution in [0.4, 0.5) is 0 Å². The van der Waals surface area contributed by atoms with Gasteiger partial charge in [-0.15, -0.1) is 0 Å². The van der Waals surface area contributed by atoms with Gasteiger partial charge in [0.15, 0.2) is 12.4 Å². The molecule has 0 radical (unpaired) electrons. The van der Waals surface area contributed by atoms with Crippen LogP contribution in [0.1, 0.15) is 348 Å². The number of nitrogens with one attached hydrogen (secondary N) is 1. The summed E-state index contributed by atoms with van der Waals surface area (Å²) in [7, 11) is 0. The zero-order chi connectivity index (χ0) is 64.6. The maximum absolute atomic E-state index is 13.5. The van der Waals surface area contributed by atoms with Gasteiger partial charge in [-0.05, 0) is 96.3 Å². The van der Waals surface area contributed by atoms with Crippen LogP contribution < -0.4 is 5.32 Å². The van der Waals surface area contributed by atoms with Crippen LogP contribution in [0.25, 0.3) is 0 Å². The van der Waals surface area contributed by atoms with E-state index in [2.05, 4.69) is 86.8 Å². The molecule has 0 aromatic carbocycles. The average Bonchev–Trinajstić information content (AvgIpc) is 1.80. The van der Waals surface area contributed by atoms with Gasteiger partial charge in [0.05, 0.1) is 25.4 Å². The van der Waals surface area contributed by atoms with E-state index in [1.165, 1.54) is 225 Å². The Labute approximate surface area is 547 Å². The predicted molar refractivity (Wildman–Crippen MR) is 375 cm³/mol. The van der Waals surface area contributed by atoms with E-state index in [1.807, 2.05) is 6.08 Å². The highest BCUT2D eigenvalue weighted by Gasteiger charge is 2.47.